The number of nitrogens with one attached hydrogen (secondary N) is 1. The normalized spacial score (nSPS) is 10.4. The second-order valence-electron chi connectivity index (χ2n) is 3.93. The summed E-state index contributed by atoms with van der Waals surface area (Å²) in [5, 5.41) is 3.27. The highest BCUT2D eigenvalue weighted by atomic mass is 32.1. The molecule has 3 nitrogen and oxygen atoms in total. The average molecular weight is 240 g/mol. The minimum Gasteiger partial charge on any atom is -0.390 e. The summed E-state index contributed by atoms with van der Waals surface area (Å²) in [7, 11) is 1.63. The number of thiophene rings is 1. The van der Waals surface area contributed by atoms with E-state index in [9.17, 15) is 4.79 Å². The van der Waals surface area contributed by atoms with Crippen LogP contribution in [0.5, 0.6) is 0 Å². The maximum absolute atomic E-state index is 11.6. The lowest BCUT2D eigenvalue weighted by atomic mass is 10.1. The fraction of sp³-hybridized carbons (Fsp3) is 0.583. The van der Waals surface area contributed by atoms with Crippen molar-refractivity contribution in [2.45, 2.75) is 39.5 Å². The van der Waals surface area contributed by atoms with E-state index in [4.69, 9.17) is 5.73 Å². The molecule has 0 fully saturated rings. The van der Waals surface area contributed by atoms with Crippen molar-refractivity contribution in [2.75, 3.05) is 12.8 Å². The van der Waals surface area contributed by atoms with Gasteiger partial charge in [-0.2, -0.15) is 0 Å². The molecule has 1 heterocycles. The molecule has 0 radical (unpaired) electrons. The molecule has 0 spiro atoms. The molecule has 0 aliphatic carbocycles. The van der Waals surface area contributed by atoms with Crippen molar-refractivity contribution in [1.29, 1.82) is 0 Å². The lowest BCUT2D eigenvalue weighted by Crippen LogP contribution is -2.19. The van der Waals surface area contributed by atoms with Gasteiger partial charge in [0.15, 0.2) is 0 Å². The molecule has 1 aromatic heterocycles. The number of aryl methyl sites for hydroxylation is 1. The summed E-state index contributed by atoms with van der Waals surface area (Å²) in [5.74, 6) is -0.0759. The molecule has 0 aromatic carbocycles. The van der Waals surface area contributed by atoms with Crippen LogP contribution in [-0.2, 0) is 6.42 Å². The van der Waals surface area contributed by atoms with Gasteiger partial charge in [-0.05, 0) is 25.3 Å². The Morgan fingerprint density at radius 1 is 1.44 bits per heavy atom. The van der Waals surface area contributed by atoms with E-state index in [1.165, 1.54) is 24.1 Å². The third-order valence-electron chi connectivity index (χ3n) is 2.73. The number of hydrogen-bond donors (Lipinski definition) is 2. The molecule has 0 unspecified atom stereocenters. The maximum Gasteiger partial charge on any atom is 0.254 e. The number of nitrogens with two attached hydrogens (primary N) is 1. The molecule has 3 N–H and O–H groups in total. The Bertz CT molecular complexity index is 371. The van der Waals surface area contributed by atoms with E-state index in [-0.39, 0.29) is 5.91 Å². The van der Waals surface area contributed by atoms with Crippen LogP contribution in [0.4, 0.5) is 5.00 Å². The lowest BCUT2D eigenvalue weighted by molar-refractivity contribution is 0.0963. The van der Waals surface area contributed by atoms with Crippen molar-refractivity contribution < 1.29 is 4.79 Å². The van der Waals surface area contributed by atoms with E-state index in [1.54, 1.807) is 18.4 Å². The molecule has 1 rings (SSSR count). The van der Waals surface area contributed by atoms with Gasteiger partial charge in [-0.15, -0.1) is 11.3 Å². The van der Waals surface area contributed by atoms with Crippen LogP contribution in [0.25, 0.3) is 0 Å². The van der Waals surface area contributed by atoms with E-state index < -0.39 is 0 Å². The zero-order valence-electron chi connectivity index (χ0n) is 10.2. The Balaban J connectivity index is 2.84. The van der Waals surface area contributed by atoms with E-state index in [0.29, 0.717) is 10.6 Å². The minimum atomic E-state index is -0.0759. The summed E-state index contributed by atoms with van der Waals surface area (Å²) in [6.45, 7) is 4.17. The Morgan fingerprint density at radius 2 is 2.12 bits per heavy atom. The molecule has 0 bridgehead atoms. The van der Waals surface area contributed by atoms with Gasteiger partial charge in [0.05, 0.1) is 10.6 Å². The summed E-state index contributed by atoms with van der Waals surface area (Å²) in [5.41, 5.74) is 7.60. The zero-order valence-corrected chi connectivity index (χ0v) is 11.0. The third-order valence-corrected chi connectivity index (χ3v) is 3.92. The first-order valence-corrected chi connectivity index (χ1v) is 6.53. The van der Waals surface area contributed by atoms with Gasteiger partial charge in [0.2, 0.25) is 0 Å². The van der Waals surface area contributed by atoms with Crippen LogP contribution in [0.2, 0.25) is 0 Å². The quantitative estimate of drug-likeness (QED) is 0.777. The van der Waals surface area contributed by atoms with Gasteiger partial charge < -0.3 is 11.1 Å². The van der Waals surface area contributed by atoms with Gasteiger partial charge in [-0.3, -0.25) is 4.79 Å². The van der Waals surface area contributed by atoms with Crippen LogP contribution in [-0.4, -0.2) is 13.0 Å². The molecule has 0 saturated carbocycles. The summed E-state index contributed by atoms with van der Waals surface area (Å²) >= 11 is 1.55. The van der Waals surface area contributed by atoms with Crippen molar-refractivity contribution in [1.82, 2.24) is 5.32 Å². The lowest BCUT2D eigenvalue weighted by Gasteiger charge is -2.01. The fourth-order valence-electron chi connectivity index (χ4n) is 1.77. The fourth-order valence-corrected chi connectivity index (χ4v) is 2.88. The van der Waals surface area contributed by atoms with Crippen molar-refractivity contribution in [2.24, 2.45) is 0 Å². The van der Waals surface area contributed by atoms with Gasteiger partial charge in [0.1, 0.15) is 0 Å². The molecule has 1 amide bonds. The molecule has 1 aromatic rings. The van der Waals surface area contributed by atoms with Gasteiger partial charge >= 0.3 is 0 Å². The molecule has 0 saturated heterocycles. The molecule has 4 heteroatoms. The van der Waals surface area contributed by atoms with Crippen LogP contribution in [0, 0.1) is 6.92 Å². The number of amides is 1. The van der Waals surface area contributed by atoms with Crippen molar-refractivity contribution in [3.05, 3.63) is 16.0 Å². The van der Waals surface area contributed by atoms with Gasteiger partial charge in [0, 0.05) is 11.9 Å². The Hall–Kier alpha value is -1.03. The molecule has 90 valence electrons. The van der Waals surface area contributed by atoms with E-state index in [0.717, 1.165) is 12.0 Å². The standard InChI is InChI=1S/C12H20N2OS/c1-4-5-6-7-9-8(2)10(11(13)16-9)12(15)14-3/h4-7,13H2,1-3H3,(H,14,15). The minimum absolute atomic E-state index is 0.0759. The van der Waals surface area contributed by atoms with Crippen molar-refractivity contribution >= 4 is 22.2 Å². The molecular weight excluding hydrogens is 220 g/mol. The van der Waals surface area contributed by atoms with Gasteiger partial charge in [-0.1, -0.05) is 19.8 Å². The largest absolute Gasteiger partial charge is 0.390 e. The van der Waals surface area contributed by atoms with Gasteiger partial charge in [-0.25, -0.2) is 0 Å². The topological polar surface area (TPSA) is 55.1 Å². The SMILES string of the molecule is CCCCCc1sc(N)c(C(=O)NC)c1C. The highest BCUT2D eigenvalue weighted by Gasteiger charge is 2.17. The average Bonchev–Trinajstić information content (AvgIpc) is 2.54. The second-order valence-corrected chi connectivity index (χ2v) is 5.06. The van der Waals surface area contributed by atoms with Crippen LogP contribution < -0.4 is 11.1 Å². The van der Waals surface area contributed by atoms with Crippen LogP contribution >= 0.6 is 11.3 Å². The predicted octanol–water partition coefficient (Wildman–Crippen LogP) is 2.73. The smallest absolute Gasteiger partial charge is 0.254 e. The predicted molar refractivity (Wildman–Crippen MR) is 70.1 cm³/mol. The van der Waals surface area contributed by atoms with Crippen molar-refractivity contribution in [3.63, 3.8) is 0 Å². The van der Waals surface area contributed by atoms with Gasteiger partial charge in [0.25, 0.3) is 5.91 Å². The highest BCUT2D eigenvalue weighted by Crippen LogP contribution is 2.31. The van der Waals surface area contributed by atoms with E-state index in [1.807, 2.05) is 6.92 Å². The maximum atomic E-state index is 11.6. The molecule has 0 aliphatic rings. The molecule has 0 atom stereocenters. The Morgan fingerprint density at radius 3 is 2.69 bits per heavy atom. The first-order valence-electron chi connectivity index (χ1n) is 5.71. The molecule has 16 heavy (non-hydrogen) atoms. The number of rotatable bonds is 5. The summed E-state index contributed by atoms with van der Waals surface area (Å²) in [4.78, 5) is 12.9. The molecule has 0 aliphatic heterocycles. The van der Waals surface area contributed by atoms with Crippen LogP contribution in [0.3, 0.4) is 0 Å². The summed E-state index contributed by atoms with van der Waals surface area (Å²) in [6, 6.07) is 0. The first kappa shape index (κ1) is 13.0. The van der Waals surface area contributed by atoms with Crippen molar-refractivity contribution in [3.8, 4) is 0 Å². The second kappa shape index (κ2) is 5.89. The number of hydrogen-bond acceptors (Lipinski definition) is 3. The van der Waals surface area contributed by atoms with Crippen LogP contribution in [0.1, 0.15) is 47.0 Å². The number of unbranched alkanes of at least 4 members (excludes halogenated alkanes) is 2. The number of carbonyl (C=O) groups is 1. The Kier molecular flexibility index (Phi) is 4.80. The molecular formula is C12H20N2OS. The number of carbonyl (C=O) groups excluding carboxylic acids is 1. The summed E-state index contributed by atoms with van der Waals surface area (Å²) in [6.07, 6.45) is 4.64. The monoisotopic (exact) mass is 240 g/mol. The Labute approximate surface area is 101 Å². The highest BCUT2D eigenvalue weighted by molar-refractivity contribution is 7.16. The summed E-state index contributed by atoms with van der Waals surface area (Å²) < 4.78 is 0. The van der Waals surface area contributed by atoms with E-state index in [2.05, 4.69) is 12.2 Å². The van der Waals surface area contributed by atoms with E-state index >= 15 is 0 Å². The zero-order chi connectivity index (χ0) is 12.1. The first-order chi connectivity index (χ1) is 7.61. The van der Waals surface area contributed by atoms with Crippen LogP contribution in [0.15, 0.2) is 0 Å². The number of anilines is 1. The number of nitrogen functional groups attached to an aromatic ring is 1. The third kappa shape index (κ3) is 2.76.